The molecule has 1 saturated heterocycles. The molecule has 5 rings (SSSR count). The molecule has 1 fully saturated rings. The topological polar surface area (TPSA) is 101 Å². The second-order valence-electron chi connectivity index (χ2n) is 8.88. The molecule has 4 aromatic rings. The van der Waals surface area contributed by atoms with E-state index in [9.17, 15) is 0 Å². The molecule has 1 aliphatic heterocycles. The van der Waals surface area contributed by atoms with E-state index in [1.165, 1.54) is 5.56 Å². The van der Waals surface area contributed by atoms with Gasteiger partial charge in [-0.25, -0.2) is 0 Å². The van der Waals surface area contributed by atoms with Gasteiger partial charge in [-0.05, 0) is 35.7 Å². The first-order valence-corrected chi connectivity index (χ1v) is 12.1. The number of nitrogens with one attached hydrogen (secondary N) is 2. The number of nitrogens with two attached hydrogens (primary N) is 1. The minimum atomic E-state index is -0.0885. The molecule has 0 amide bonds. The molecule has 0 saturated carbocycles. The third kappa shape index (κ3) is 6.16. The highest BCUT2D eigenvalue weighted by atomic mass is 16.5. The van der Waals surface area contributed by atoms with Crippen molar-refractivity contribution >= 4 is 16.7 Å². The monoisotopic (exact) mass is 472 g/mol. The van der Waals surface area contributed by atoms with Crippen molar-refractivity contribution in [3.05, 3.63) is 72.6 Å². The van der Waals surface area contributed by atoms with Gasteiger partial charge < -0.3 is 20.5 Å². The maximum absolute atomic E-state index is 6.29. The van der Waals surface area contributed by atoms with Crippen molar-refractivity contribution < 1.29 is 9.47 Å². The Bertz CT molecular complexity index is 1220. The van der Waals surface area contributed by atoms with Crippen LogP contribution in [0.2, 0.25) is 0 Å². The van der Waals surface area contributed by atoms with Crippen LogP contribution >= 0.6 is 0 Å². The number of hydrogen-bond donors (Lipinski definition) is 3. The average Bonchev–Trinajstić information content (AvgIpc) is 3.31. The van der Waals surface area contributed by atoms with Crippen molar-refractivity contribution in [1.82, 2.24) is 20.1 Å². The number of morpholine rings is 1. The van der Waals surface area contributed by atoms with Crippen molar-refractivity contribution in [2.24, 2.45) is 5.73 Å². The first-order chi connectivity index (χ1) is 17.2. The number of rotatable bonds is 10. The van der Waals surface area contributed by atoms with Crippen molar-refractivity contribution in [2.75, 3.05) is 51.3 Å². The molecule has 8 nitrogen and oxygen atoms in total. The Hall–Kier alpha value is -3.46. The summed E-state index contributed by atoms with van der Waals surface area (Å²) in [5.41, 5.74) is 10.5. The third-order valence-electron chi connectivity index (χ3n) is 6.24. The lowest BCUT2D eigenvalue weighted by atomic mass is 10.1. The van der Waals surface area contributed by atoms with Crippen LogP contribution in [0.25, 0.3) is 22.0 Å². The Morgan fingerprint density at radius 3 is 2.77 bits per heavy atom. The van der Waals surface area contributed by atoms with E-state index in [4.69, 9.17) is 15.2 Å². The van der Waals surface area contributed by atoms with Crippen molar-refractivity contribution in [1.29, 1.82) is 0 Å². The Morgan fingerprint density at radius 2 is 1.91 bits per heavy atom. The minimum Gasteiger partial charge on any atom is -0.490 e. The molecule has 0 bridgehead atoms. The summed E-state index contributed by atoms with van der Waals surface area (Å²) >= 11 is 0. The molecule has 0 aliphatic carbocycles. The summed E-state index contributed by atoms with van der Waals surface area (Å²) in [7, 11) is 0. The minimum absolute atomic E-state index is 0.0885. The van der Waals surface area contributed by atoms with Gasteiger partial charge in [-0.3, -0.25) is 15.0 Å². The normalized spacial score (nSPS) is 15.2. The fourth-order valence-electron chi connectivity index (χ4n) is 4.32. The SMILES string of the molecule is N[C@H](COc1cncc(-c2ccc3[nH]nc(NCCN4CCOCC4)c3c2)c1)Cc1ccccc1. The van der Waals surface area contributed by atoms with Gasteiger partial charge in [0.2, 0.25) is 0 Å². The van der Waals surface area contributed by atoms with Crippen LogP contribution in [0.1, 0.15) is 5.56 Å². The number of anilines is 1. The highest BCUT2D eigenvalue weighted by Crippen LogP contribution is 2.29. The molecule has 35 heavy (non-hydrogen) atoms. The molecule has 2 aromatic heterocycles. The number of ether oxygens (including phenoxy) is 2. The molecule has 2 aromatic carbocycles. The number of H-pyrrole nitrogens is 1. The van der Waals surface area contributed by atoms with Gasteiger partial charge in [0.25, 0.3) is 0 Å². The van der Waals surface area contributed by atoms with Gasteiger partial charge in [0.15, 0.2) is 5.82 Å². The van der Waals surface area contributed by atoms with E-state index in [1.807, 2.05) is 36.5 Å². The van der Waals surface area contributed by atoms with E-state index < -0.39 is 0 Å². The molecule has 3 heterocycles. The molecule has 1 atom stereocenters. The standard InChI is InChI=1S/C27H32N6O2/c28-23(14-20-4-2-1-3-5-20)19-35-24-15-22(17-29-18-24)21-6-7-26-25(16-21)27(32-31-26)30-8-9-33-10-12-34-13-11-33/h1-7,15-18,23H,8-14,19,28H2,(H2,30,31,32)/t23-/m0/s1. The van der Waals surface area contributed by atoms with Crippen LogP contribution in [-0.4, -0.2) is 72.1 Å². The summed E-state index contributed by atoms with van der Waals surface area (Å²) in [5, 5.41) is 12.1. The van der Waals surface area contributed by atoms with Gasteiger partial charge in [-0.2, -0.15) is 5.10 Å². The quantitative estimate of drug-likeness (QED) is 0.325. The maximum atomic E-state index is 6.29. The molecule has 0 unspecified atom stereocenters. The number of aromatic nitrogens is 3. The molecular weight excluding hydrogens is 440 g/mol. The third-order valence-corrected chi connectivity index (χ3v) is 6.24. The van der Waals surface area contributed by atoms with Gasteiger partial charge in [0, 0.05) is 49.4 Å². The van der Waals surface area contributed by atoms with Gasteiger partial charge in [0.05, 0.1) is 24.9 Å². The van der Waals surface area contributed by atoms with E-state index >= 15 is 0 Å². The second kappa shape index (κ2) is 11.3. The summed E-state index contributed by atoms with van der Waals surface area (Å²) in [6.45, 7) is 5.81. The predicted octanol–water partition coefficient (Wildman–Crippen LogP) is 3.32. The number of fused-ring (bicyclic) bond motifs is 1. The summed E-state index contributed by atoms with van der Waals surface area (Å²) in [6, 6.07) is 18.4. The summed E-state index contributed by atoms with van der Waals surface area (Å²) < 4.78 is 11.4. The maximum Gasteiger partial charge on any atom is 0.155 e. The number of benzene rings is 2. The Labute approximate surface area is 205 Å². The Kier molecular flexibility index (Phi) is 7.53. The molecule has 8 heteroatoms. The predicted molar refractivity (Wildman–Crippen MR) is 139 cm³/mol. The smallest absolute Gasteiger partial charge is 0.155 e. The van der Waals surface area contributed by atoms with E-state index in [2.05, 4.69) is 49.7 Å². The first kappa shape index (κ1) is 23.3. The van der Waals surface area contributed by atoms with Gasteiger partial charge in [0.1, 0.15) is 12.4 Å². The zero-order valence-electron chi connectivity index (χ0n) is 19.8. The number of nitrogens with zero attached hydrogens (tertiary/aromatic N) is 3. The largest absolute Gasteiger partial charge is 0.490 e. The molecule has 0 spiro atoms. The van der Waals surface area contributed by atoms with Crippen LogP contribution in [0.3, 0.4) is 0 Å². The van der Waals surface area contributed by atoms with Crippen molar-refractivity contribution in [3.8, 4) is 16.9 Å². The van der Waals surface area contributed by atoms with Gasteiger partial charge in [-0.1, -0.05) is 36.4 Å². The number of pyridine rings is 1. The van der Waals surface area contributed by atoms with E-state index in [1.54, 1.807) is 6.20 Å². The fraction of sp³-hybridized carbons (Fsp3) is 0.333. The highest BCUT2D eigenvalue weighted by molar-refractivity contribution is 5.93. The van der Waals surface area contributed by atoms with Crippen LogP contribution in [0.4, 0.5) is 5.82 Å². The lowest BCUT2D eigenvalue weighted by Gasteiger charge is -2.26. The zero-order valence-corrected chi connectivity index (χ0v) is 19.8. The molecule has 182 valence electrons. The summed E-state index contributed by atoms with van der Waals surface area (Å²) in [4.78, 5) is 6.80. The Balaban J connectivity index is 1.22. The highest BCUT2D eigenvalue weighted by Gasteiger charge is 2.12. The van der Waals surface area contributed by atoms with E-state index in [-0.39, 0.29) is 6.04 Å². The van der Waals surface area contributed by atoms with Crippen LogP contribution in [-0.2, 0) is 11.2 Å². The van der Waals surface area contributed by atoms with Crippen LogP contribution in [0, 0.1) is 0 Å². The van der Waals surface area contributed by atoms with E-state index in [0.717, 1.165) is 73.7 Å². The molecular formula is C27H32N6O2. The lowest BCUT2D eigenvalue weighted by molar-refractivity contribution is 0.0398. The van der Waals surface area contributed by atoms with Gasteiger partial charge >= 0.3 is 0 Å². The zero-order chi connectivity index (χ0) is 23.9. The lowest BCUT2D eigenvalue weighted by Crippen LogP contribution is -2.39. The summed E-state index contributed by atoms with van der Waals surface area (Å²) in [5.74, 6) is 1.57. The number of aromatic amines is 1. The molecule has 0 radical (unpaired) electrons. The average molecular weight is 473 g/mol. The first-order valence-electron chi connectivity index (χ1n) is 12.1. The summed E-state index contributed by atoms with van der Waals surface area (Å²) in [6.07, 6.45) is 4.35. The van der Waals surface area contributed by atoms with E-state index in [0.29, 0.717) is 12.4 Å². The molecule has 1 aliphatic rings. The Morgan fingerprint density at radius 1 is 1.06 bits per heavy atom. The number of hydrogen-bond acceptors (Lipinski definition) is 7. The second-order valence-corrected chi connectivity index (χ2v) is 8.88. The van der Waals surface area contributed by atoms with Crippen molar-refractivity contribution in [2.45, 2.75) is 12.5 Å². The fourth-order valence-corrected chi connectivity index (χ4v) is 4.32. The van der Waals surface area contributed by atoms with Crippen LogP contribution in [0.5, 0.6) is 5.75 Å². The van der Waals surface area contributed by atoms with Gasteiger partial charge in [-0.15, -0.1) is 0 Å². The van der Waals surface area contributed by atoms with Crippen LogP contribution in [0.15, 0.2) is 67.0 Å². The molecule has 4 N–H and O–H groups in total. The van der Waals surface area contributed by atoms with Crippen molar-refractivity contribution in [3.63, 3.8) is 0 Å². The van der Waals surface area contributed by atoms with Crippen LogP contribution < -0.4 is 15.8 Å².